The SMILES string of the molecule is C=C(CCCCCCCCCC)C(OP(OC(C(=C)CCCCCCCCCC)(c1ccc(C(C)(C)C)cc1C(C)(C)C)c1ccc(C(C)(C)C)cc1C(C)(C)C)OC(C(=C)CCCCCCCCCC)(c1ccc(C(C)(C)C)cc1C(C)(C)C)c1ccc(C(C)(C)C)cc1C(C)(C)C)(c1ccc(C(C)(C)C)cc1C(C)(C)C)c1ccc(C(C)(C)C)cc1C(C)(C)C. The zero-order valence-electron chi connectivity index (χ0n) is 90.3. The Labute approximate surface area is 787 Å². The van der Waals surface area contributed by atoms with Crippen LogP contribution in [0.1, 0.15) is 544 Å². The van der Waals surface area contributed by atoms with Crippen molar-refractivity contribution in [3.05, 3.63) is 246 Å². The molecule has 0 unspecified atom stereocenters. The van der Waals surface area contributed by atoms with E-state index in [1.165, 1.54) is 163 Å². The molecule has 0 bridgehead atoms. The molecular formula is C123H195O3P. The van der Waals surface area contributed by atoms with Crippen molar-refractivity contribution in [3.8, 4) is 0 Å². The quantitative estimate of drug-likeness (QED) is 0.0217. The van der Waals surface area contributed by atoms with E-state index in [2.05, 4.69) is 379 Å². The van der Waals surface area contributed by atoms with E-state index in [0.717, 1.165) is 108 Å². The normalized spacial score (nSPS) is 13.8. The molecule has 0 N–H and O–H groups in total. The van der Waals surface area contributed by atoms with Crippen LogP contribution in [-0.4, -0.2) is 0 Å². The van der Waals surface area contributed by atoms with Gasteiger partial charge in [-0.15, -0.1) is 0 Å². The lowest BCUT2D eigenvalue weighted by molar-refractivity contribution is 0.00984. The molecule has 0 aliphatic carbocycles. The molecule has 0 fully saturated rings. The molecule has 6 rings (SSSR count). The van der Waals surface area contributed by atoms with Crippen molar-refractivity contribution < 1.29 is 13.6 Å². The lowest BCUT2D eigenvalue weighted by Gasteiger charge is -2.50. The maximum atomic E-state index is 9.85. The van der Waals surface area contributed by atoms with Crippen molar-refractivity contribution in [2.45, 2.75) is 525 Å². The van der Waals surface area contributed by atoms with Gasteiger partial charge >= 0.3 is 8.60 Å². The van der Waals surface area contributed by atoms with Crippen LogP contribution in [-0.2, 0) is 95.4 Å². The second kappa shape index (κ2) is 43.9. The summed E-state index contributed by atoms with van der Waals surface area (Å²) in [5, 5.41) is 0. The molecule has 127 heavy (non-hydrogen) atoms. The molecule has 6 aromatic carbocycles. The van der Waals surface area contributed by atoms with Gasteiger partial charge in [-0.1, -0.05) is 534 Å². The minimum atomic E-state index is -2.91. The first-order valence-corrected chi connectivity index (χ1v) is 52.2. The summed E-state index contributed by atoms with van der Waals surface area (Å²) in [5.41, 5.74) is 16.0. The molecule has 0 heterocycles. The molecule has 0 aliphatic rings. The van der Waals surface area contributed by atoms with Crippen molar-refractivity contribution in [2.24, 2.45) is 0 Å². The minimum Gasteiger partial charge on any atom is -0.291 e. The van der Waals surface area contributed by atoms with Crippen LogP contribution in [0.4, 0.5) is 0 Å². The largest absolute Gasteiger partial charge is 0.337 e. The van der Waals surface area contributed by atoms with Crippen LogP contribution in [0.5, 0.6) is 0 Å². The van der Waals surface area contributed by atoms with Gasteiger partial charge in [-0.25, -0.2) is 0 Å². The molecule has 0 spiro atoms. The summed E-state index contributed by atoms with van der Waals surface area (Å²) in [4.78, 5) is 0. The van der Waals surface area contributed by atoms with Gasteiger partial charge in [0.15, 0.2) is 0 Å². The van der Waals surface area contributed by atoms with Crippen LogP contribution in [0.2, 0.25) is 0 Å². The van der Waals surface area contributed by atoms with E-state index < -0.39 is 57.9 Å². The average Bonchev–Trinajstić information content (AvgIpc) is 0.706. The highest BCUT2D eigenvalue weighted by Gasteiger charge is 2.57. The summed E-state index contributed by atoms with van der Waals surface area (Å²) in [7, 11) is -2.91. The third kappa shape index (κ3) is 28.7. The van der Waals surface area contributed by atoms with Crippen molar-refractivity contribution in [1.29, 1.82) is 0 Å². The van der Waals surface area contributed by atoms with E-state index in [4.69, 9.17) is 19.7 Å². The molecule has 3 nitrogen and oxygen atoms in total. The highest BCUT2D eigenvalue weighted by molar-refractivity contribution is 7.41. The fourth-order valence-electron chi connectivity index (χ4n) is 19.0. The molecule has 710 valence electrons. The van der Waals surface area contributed by atoms with Gasteiger partial charge in [0.2, 0.25) is 0 Å². The van der Waals surface area contributed by atoms with Gasteiger partial charge in [0, 0.05) is 0 Å². The van der Waals surface area contributed by atoms with Crippen LogP contribution >= 0.6 is 8.60 Å². The monoisotopic (exact) mass is 1750 g/mol. The molecule has 6 aromatic rings. The Hall–Kier alpha value is -5.15. The predicted molar refractivity (Wildman–Crippen MR) is 565 cm³/mol. The highest BCUT2D eigenvalue weighted by Crippen LogP contribution is 2.68. The number of hydrogen-bond acceptors (Lipinski definition) is 3. The topological polar surface area (TPSA) is 27.7 Å². The summed E-state index contributed by atoms with van der Waals surface area (Å²) in [6.45, 7) is 111. The molecule has 0 aromatic heterocycles. The summed E-state index contributed by atoms with van der Waals surface area (Å²) >= 11 is 0. The maximum Gasteiger partial charge on any atom is 0.337 e. The first-order valence-electron chi connectivity index (χ1n) is 51.1. The van der Waals surface area contributed by atoms with Gasteiger partial charge in [-0.05, 0) is 220 Å². The smallest absolute Gasteiger partial charge is 0.291 e. The Morgan fingerprint density at radius 3 is 0.449 bits per heavy atom. The van der Waals surface area contributed by atoms with E-state index in [9.17, 15) is 13.6 Å². The predicted octanol–water partition coefficient (Wildman–Crippen LogP) is 38.9. The second-order valence-electron chi connectivity index (χ2n) is 51.6. The Bertz CT molecular complexity index is 3840. The Morgan fingerprint density at radius 2 is 0.323 bits per heavy atom. The lowest BCUT2D eigenvalue weighted by Crippen LogP contribution is -2.43. The number of rotatable bonds is 42. The second-order valence-corrected chi connectivity index (χ2v) is 52.6. The Morgan fingerprint density at radius 1 is 0.189 bits per heavy atom. The summed E-state index contributed by atoms with van der Waals surface area (Å²) in [6, 6.07) is 45.0. The first kappa shape index (κ1) is 111. The Balaban J connectivity index is 2.24. The molecule has 0 radical (unpaired) electrons. The van der Waals surface area contributed by atoms with Crippen LogP contribution in [0, 0.1) is 0 Å². The molecular weight excluding hydrogens is 1560 g/mol. The summed E-state index contributed by atoms with van der Waals surface area (Å²) in [5.74, 6) is 0. The van der Waals surface area contributed by atoms with Gasteiger partial charge in [-0.2, -0.15) is 0 Å². The van der Waals surface area contributed by atoms with E-state index in [1.54, 1.807) is 0 Å². The van der Waals surface area contributed by atoms with Gasteiger partial charge < -0.3 is 0 Å². The lowest BCUT2D eigenvalue weighted by atomic mass is 9.67. The standard InChI is InChI=1S/C123H195O3P/c1-43-46-49-52-55-58-61-64-67-88(4)121(97-76-70-91(109(7,8)9)82-103(97)115(25,26)27,98-77-71-92(110(10,11)12)83-104(98)116(28,29)30)124-127(125-122(89(5)68-65-62-59-56-53-50-47-44-2,99-78-72-93(111(13,14)15)84-105(99)117(31,32)33)100-79-73-94(112(16,17)18)85-106(100)118(34,35)36)126-123(90(6)69-66-63-60-57-54-51-48-45-3,101-80-74-95(113(19,20)21)86-107(101)119(37,38)39)102-81-75-96(114(22,23)24)87-108(102)120(40,41)42/h70-87H,4-6,43-69H2,1-3,7-42H3. The van der Waals surface area contributed by atoms with E-state index in [0.29, 0.717) is 19.3 Å². The summed E-state index contributed by atoms with van der Waals surface area (Å²) in [6.07, 6.45) is 30.2. The van der Waals surface area contributed by atoms with Crippen LogP contribution in [0.25, 0.3) is 0 Å². The maximum absolute atomic E-state index is 9.85. The van der Waals surface area contributed by atoms with Gasteiger partial charge in [-0.3, -0.25) is 13.6 Å². The third-order valence-corrected chi connectivity index (χ3v) is 28.8. The van der Waals surface area contributed by atoms with Crippen LogP contribution in [0.15, 0.2) is 146 Å². The average molecular weight is 1750 g/mol. The molecule has 0 amide bonds. The van der Waals surface area contributed by atoms with Crippen molar-refractivity contribution >= 4 is 8.60 Å². The summed E-state index contributed by atoms with van der Waals surface area (Å²) < 4.78 is 29.5. The fourth-order valence-corrected chi connectivity index (χ4v) is 20.8. The molecule has 4 heteroatoms. The number of benzene rings is 6. The zero-order valence-corrected chi connectivity index (χ0v) is 91.2. The van der Waals surface area contributed by atoms with E-state index in [1.807, 2.05) is 0 Å². The third-order valence-electron chi connectivity index (χ3n) is 27.6. The van der Waals surface area contributed by atoms with Crippen molar-refractivity contribution in [1.82, 2.24) is 0 Å². The zero-order chi connectivity index (χ0) is 96.1. The van der Waals surface area contributed by atoms with Crippen molar-refractivity contribution in [3.63, 3.8) is 0 Å². The fraction of sp³-hybridized carbons (Fsp3) is 0.659. The highest BCUT2D eigenvalue weighted by atomic mass is 31.2. The van der Waals surface area contributed by atoms with Crippen LogP contribution < -0.4 is 0 Å². The number of unbranched alkanes of at least 4 members (excludes halogenated alkanes) is 21. The van der Waals surface area contributed by atoms with Crippen molar-refractivity contribution in [2.75, 3.05) is 0 Å². The van der Waals surface area contributed by atoms with Gasteiger partial charge in [0.1, 0.15) is 16.8 Å². The first-order chi connectivity index (χ1) is 58.2. The van der Waals surface area contributed by atoms with Gasteiger partial charge in [0.05, 0.1) is 0 Å². The van der Waals surface area contributed by atoms with E-state index in [-0.39, 0.29) is 32.5 Å². The van der Waals surface area contributed by atoms with E-state index >= 15 is 0 Å². The number of hydrogen-bond donors (Lipinski definition) is 0. The molecule has 0 atom stereocenters. The molecule has 0 saturated carbocycles. The Kier molecular flexibility index (Phi) is 38.2. The molecule has 0 aliphatic heterocycles. The molecule has 0 saturated heterocycles. The van der Waals surface area contributed by atoms with Gasteiger partial charge in [0.25, 0.3) is 0 Å². The van der Waals surface area contributed by atoms with Crippen LogP contribution in [0.3, 0.4) is 0 Å². The minimum absolute atomic E-state index is 0.203.